The molecule has 3 rings (SSSR count). The molecule has 3 aromatic rings. The highest BCUT2D eigenvalue weighted by atomic mass is 32.2. The van der Waals surface area contributed by atoms with Crippen LogP contribution in [-0.2, 0) is 13.1 Å². The first-order valence-electron chi connectivity index (χ1n) is 8.08. The summed E-state index contributed by atoms with van der Waals surface area (Å²) in [6, 6.07) is 12.2. The van der Waals surface area contributed by atoms with Gasteiger partial charge in [0, 0.05) is 17.5 Å². The Labute approximate surface area is 159 Å². The normalized spacial score (nSPS) is 10.6. The Hall–Kier alpha value is -3.20. The van der Waals surface area contributed by atoms with Gasteiger partial charge in [-0.2, -0.15) is 5.10 Å². The molecule has 0 unspecified atom stereocenters. The van der Waals surface area contributed by atoms with Crippen LogP contribution >= 0.6 is 11.8 Å². The first-order valence-corrected chi connectivity index (χ1v) is 9.31. The van der Waals surface area contributed by atoms with Crippen LogP contribution in [0.5, 0.6) is 0 Å². The maximum Gasteiger partial charge on any atom is 0.282 e. The van der Waals surface area contributed by atoms with Crippen LogP contribution in [0.3, 0.4) is 0 Å². The van der Waals surface area contributed by atoms with Crippen molar-refractivity contribution in [2.45, 2.75) is 18.0 Å². The summed E-state index contributed by atoms with van der Waals surface area (Å²) in [5, 5.41) is 18.1. The Kier molecular flexibility index (Phi) is 5.82. The number of hydrogen-bond donors (Lipinski definition) is 1. The SMILES string of the molecule is CSc1ccc([N+](=O)[O-])c(C(=O)NCc2ccccc2Cn2cncn2)c1. The van der Waals surface area contributed by atoms with Crippen molar-refractivity contribution in [3.05, 3.63) is 81.9 Å². The fraction of sp³-hybridized carbons (Fsp3) is 0.167. The average molecular weight is 383 g/mol. The minimum absolute atomic E-state index is 0.0561. The number of benzene rings is 2. The number of nitro groups is 1. The van der Waals surface area contributed by atoms with E-state index in [1.54, 1.807) is 23.1 Å². The Bertz CT molecular complexity index is 959. The number of nitrogens with zero attached hydrogens (tertiary/aromatic N) is 4. The second-order valence-electron chi connectivity index (χ2n) is 5.68. The Morgan fingerprint density at radius 2 is 2.04 bits per heavy atom. The molecule has 1 amide bonds. The predicted molar refractivity (Wildman–Crippen MR) is 102 cm³/mol. The molecule has 0 aliphatic heterocycles. The van der Waals surface area contributed by atoms with Gasteiger partial charge >= 0.3 is 0 Å². The van der Waals surface area contributed by atoms with Crippen LogP contribution in [0.15, 0.2) is 60.0 Å². The van der Waals surface area contributed by atoms with Crippen LogP contribution in [0.1, 0.15) is 21.5 Å². The van der Waals surface area contributed by atoms with E-state index in [9.17, 15) is 14.9 Å². The number of amides is 1. The zero-order valence-corrected chi connectivity index (χ0v) is 15.3. The molecule has 0 bridgehead atoms. The van der Waals surface area contributed by atoms with Crippen LogP contribution in [0.25, 0.3) is 0 Å². The topological polar surface area (TPSA) is 103 Å². The van der Waals surface area contributed by atoms with E-state index in [0.717, 1.165) is 16.0 Å². The van der Waals surface area contributed by atoms with Crippen LogP contribution in [-0.4, -0.2) is 31.9 Å². The second kappa shape index (κ2) is 8.45. The first-order chi connectivity index (χ1) is 13.1. The lowest BCUT2D eigenvalue weighted by molar-refractivity contribution is -0.385. The number of thioether (sulfide) groups is 1. The van der Waals surface area contributed by atoms with Crippen molar-refractivity contribution in [1.82, 2.24) is 20.1 Å². The lowest BCUT2D eigenvalue weighted by Gasteiger charge is -2.11. The van der Waals surface area contributed by atoms with Gasteiger partial charge in [-0.3, -0.25) is 14.9 Å². The smallest absolute Gasteiger partial charge is 0.282 e. The number of rotatable bonds is 7. The van der Waals surface area contributed by atoms with Gasteiger partial charge in [-0.25, -0.2) is 9.67 Å². The Morgan fingerprint density at radius 1 is 1.26 bits per heavy atom. The molecule has 0 atom stereocenters. The number of nitrogens with one attached hydrogen (secondary N) is 1. The number of hydrogen-bond acceptors (Lipinski definition) is 6. The number of carbonyl (C=O) groups excluding carboxylic acids is 1. The van der Waals surface area contributed by atoms with E-state index in [2.05, 4.69) is 15.4 Å². The van der Waals surface area contributed by atoms with Crippen molar-refractivity contribution in [1.29, 1.82) is 0 Å². The molecule has 0 saturated heterocycles. The quantitative estimate of drug-likeness (QED) is 0.382. The number of aromatic nitrogens is 3. The van der Waals surface area contributed by atoms with Gasteiger partial charge in [0.25, 0.3) is 11.6 Å². The highest BCUT2D eigenvalue weighted by Crippen LogP contribution is 2.25. The van der Waals surface area contributed by atoms with Crippen molar-refractivity contribution < 1.29 is 9.72 Å². The molecule has 27 heavy (non-hydrogen) atoms. The van der Waals surface area contributed by atoms with Crippen molar-refractivity contribution in [2.24, 2.45) is 0 Å². The first kappa shape index (κ1) is 18.6. The van der Waals surface area contributed by atoms with Crippen molar-refractivity contribution >= 4 is 23.4 Å². The third-order valence-corrected chi connectivity index (χ3v) is 4.73. The van der Waals surface area contributed by atoms with Crippen LogP contribution in [0.2, 0.25) is 0 Å². The third-order valence-electron chi connectivity index (χ3n) is 4.00. The highest BCUT2D eigenvalue weighted by molar-refractivity contribution is 7.98. The fourth-order valence-electron chi connectivity index (χ4n) is 2.63. The third kappa shape index (κ3) is 4.50. The van der Waals surface area contributed by atoms with E-state index in [0.29, 0.717) is 6.54 Å². The van der Waals surface area contributed by atoms with E-state index in [1.807, 2.05) is 30.5 Å². The fourth-order valence-corrected chi connectivity index (χ4v) is 3.07. The van der Waals surface area contributed by atoms with Gasteiger partial charge in [-0.05, 0) is 29.5 Å². The van der Waals surface area contributed by atoms with Crippen molar-refractivity contribution in [3.8, 4) is 0 Å². The van der Waals surface area contributed by atoms with Gasteiger partial charge in [0.1, 0.15) is 18.2 Å². The van der Waals surface area contributed by atoms with Gasteiger partial charge in [0.15, 0.2) is 0 Å². The summed E-state index contributed by atoms with van der Waals surface area (Å²) in [7, 11) is 0. The monoisotopic (exact) mass is 383 g/mol. The average Bonchev–Trinajstić information content (AvgIpc) is 3.19. The zero-order chi connectivity index (χ0) is 19.2. The summed E-state index contributed by atoms with van der Waals surface area (Å²) in [6.45, 7) is 0.776. The molecule has 0 radical (unpaired) electrons. The van der Waals surface area contributed by atoms with Crippen molar-refractivity contribution in [2.75, 3.05) is 6.26 Å². The minimum Gasteiger partial charge on any atom is -0.348 e. The van der Waals surface area contributed by atoms with Gasteiger partial charge < -0.3 is 5.32 Å². The van der Waals surface area contributed by atoms with E-state index in [1.165, 1.54) is 24.2 Å². The molecule has 0 saturated carbocycles. The summed E-state index contributed by atoms with van der Waals surface area (Å²) in [6.07, 6.45) is 4.93. The van der Waals surface area contributed by atoms with E-state index < -0.39 is 10.8 Å². The summed E-state index contributed by atoms with van der Waals surface area (Å²) in [5.41, 5.74) is 1.74. The second-order valence-corrected chi connectivity index (χ2v) is 6.56. The lowest BCUT2D eigenvalue weighted by atomic mass is 10.1. The maximum absolute atomic E-state index is 12.6. The standard InChI is InChI=1S/C18H17N5O3S/c1-27-15-6-7-17(23(25)26)16(8-15)18(24)20-9-13-4-2-3-5-14(13)10-22-12-19-11-21-22/h2-8,11-12H,9-10H2,1H3,(H,20,24). The van der Waals surface area contributed by atoms with Crippen LogP contribution in [0.4, 0.5) is 5.69 Å². The number of carbonyl (C=O) groups is 1. The van der Waals surface area contributed by atoms with Crippen LogP contribution in [0, 0.1) is 10.1 Å². The maximum atomic E-state index is 12.6. The summed E-state index contributed by atoms with van der Waals surface area (Å²) < 4.78 is 1.69. The lowest BCUT2D eigenvalue weighted by Crippen LogP contribution is -2.24. The van der Waals surface area contributed by atoms with Gasteiger partial charge in [0.2, 0.25) is 0 Å². The summed E-state index contributed by atoms with van der Waals surface area (Å²) in [5.74, 6) is -0.479. The highest BCUT2D eigenvalue weighted by Gasteiger charge is 2.20. The van der Waals surface area contributed by atoms with Gasteiger partial charge in [0.05, 0.1) is 11.5 Å². The minimum atomic E-state index is -0.544. The molecule has 0 fully saturated rings. The molecule has 0 aliphatic carbocycles. The van der Waals surface area contributed by atoms with Crippen molar-refractivity contribution in [3.63, 3.8) is 0 Å². The molecule has 2 aromatic carbocycles. The molecule has 1 aromatic heterocycles. The molecule has 138 valence electrons. The molecule has 0 spiro atoms. The molecule has 1 N–H and O–H groups in total. The van der Waals surface area contributed by atoms with E-state index in [-0.39, 0.29) is 17.8 Å². The largest absolute Gasteiger partial charge is 0.348 e. The van der Waals surface area contributed by atoms with Gasteiger partial charge in [-0.1, -0.05) is 24.3 Å². The number of nitro benzene ring substituents is 1. The molecular formula is C18H17N5O3S. The van der Waals surface area contributed by atoms with Crippen LogP contribution < -0.4 is 5.32 Å². The molecule has 8 nitrogen and oxygen atoms in total. The van der Waals surface area contributed by atoms with E-state index >= 15 is 0 Å². The molecule has 9 heteroatoms. The van der Waals surface area contributed by atoms with E-state index in [4.69, 9.17) is 0 Å². The molecule has 0 aliphatic rings. The Balaban J connectivity index is 1.78. The molecule has 1 heterocycles. The predicted octanol–water partition coefficient (Wildman–Crippen LogP) is 2.89. The Morgan fingerprint density at radius 3 is 2.70 bits per heavy atom. The molecular weight excluding hydrogens is 366 g/mol. The zero-order valence-electron chi connectivity index (χ0n) is 14.5. The summed E-state index contributed by atoms with van der Waals surface area (Å²) >= 11 is 1.42. The van der Waals surface area contributed by atoms with Gasteiger partial charge in [-0.15, -0.1) is 11.8 Å². The summed E-state index contributed by atoms with van der Waals surface area (Å²) in [4.78, 5) is 28.0.